The molecule has 170 valence electrons. The Morgan fingerprint density at radius 3 is 2.79 bits per heavy atom. The van der Waals surface area contributed by atoms with E-state index in [4.69, 9.17) is 10.2 Å². The van der Waals surface area contributed by atoms with Crippen LogP contribution >= 0.6 is 0 Å². The first kappa shape index (κ1) is 21.7. The molecule has 3 aromatic heterocycles. The first-order valence-corrected chi connectivity index (χ1v) is 10.3. The number of hydrogen-bond donors (Lipinski definition) is 2. The number of hydrogen-bond acceptors (Lipinski definition) is 8. The lowest BCUT2D eigenvalue weighted by Crippen LogP contribution is -2.41. The average molecular weight is 450 g/mol. The van der Waals surface area contributed by atoms with Crippen molar-refractivity contribution in [2.75, 3.05) is 10.6 Å². The van der Waals surface area contributed by atoms with Crippen molar-refractivity contribution >= 4 is 17.4 Å². The molecule has 0 aliphatic rings. The van der Waals surface area contributed by atoms with Gasteiger partial charge in [0.2, 0.25) is 0 Å². The maximum absolute atomic E-state index is 13.6. The topological polar surface area (TPSA) is 158 Å². The van der Waals surface area contributed by atoms with Crippen LogP contribution in [0.15, 0.2) is 63.0 Å². The largest absolute Gasteiger partial charge is 0.467 e. The SMILES string of the molecule is CCCCn1c(N)c(N(Cc2ccco2)C(=O)c2cccc(-n3cnnn3)c2)c(=O)[nH]c1=O. The van der Waals surface area contributed by atoms with E-state index < -0.39 is 17.2 Å². The summed E-state index contributed by atoms with van der Waals surface area (Å²) in [6.45, 7) is 2.21. The number of aromatic amines is 1. The number of furan rings is 1. The Morgan fingerprint density at radius 2 is 2.09 bits per heavy atom. The van der Waals surface area contributed by atoms with Crippen LogP contribution in [0.2, 0.25) is 0 Å². The highest BCUT2D eigenvalue weighted by Gasteiger charge is 2.26. The number of anilines is 2. The lowest BCUT2D eigenvalue weighted by Gasteiger charge is -2.24. The molecule has 12 nitrogen and oxygen atoms in total. The predicted molar refractivity (Wildman–Crippen MR) is 119 cm³/mol. The molecule has 0 bridgehead atoms. The number of nitrogens with two attached hydrogens (primary N) is 1. The van der Waals surface area contributed by atoms with Gasteiger partial charge in [-0.3, -0.25) is 24.0 Å². The van der Waals surface area contributed by atoms with E-state index in [1.807, 2.05) is 6.92 Å². The van der Waals surface area contributed by atoms with E-state index in [1.165, 1.54) is 26.7 Å². The standard InChI is InChI=1S/C21H22N8O4/c1-2-3-9-27-18(22)17(19(30)24-21(27)32)28(12-16-8-5-10-33-16)20(31)14-6-4-7-15(11-14)29-13-23-25-26-29/h4-8,10-11,13H,2-3,9,12,22H2,1H3,(H,24,30,32). The predicted octanol–water partition coefficient (Wildman–Crippen LogP) is 1.33. The zero-order valence-electron chi connectivity index (χ0n) is 17.8. The molecule has 3 heterocycles. The summed E-state index contributed by atoms with van der Waals surface area (Å²) in [5, 5.41) is 11.0. The molecule has 0 aliphatic heterocycles. The summed E-state index contributed by atoms with van der Waals surface area (Å²) in [5.74, 6) is -0.168. The van der Waals surface area contributed by atoms with Gasteiger partial charge >= 0.3 is 5.69 Å². The summed E-state index contributed by atoms with van der Waals surface area (Å²) in [6.07, 6.45) is 4.36. The molecule has 0 saturated carbocycles. The van der Waals surface area contributed by atoms with Crippen molar-refractivity contribution < 1.29 is 9.21 Å². The Bertz CT molecular complexity index is 1360. The van der Waals surface area contributed by atoms with Crippen molar-refractivity contribution in [2.45, 2.75) is 32.9 Å². The van der Waals surface area contributed by atoms with Crippen LogP contribution in [0, 0.1) is 0 Å². The molecular formula is C21H22N8O4. The number of aromatic nitrogens is 6. The number of carbonyl (C=O) groups excluding carboxylic acids is 1. The first-order chi connectivity index (χ1) is 16.0. The molecular weight excluding hydrogens is 428 g/mol. The minimum Gasteiger partial charge on any atom is -0.467 e. The van der Waals surface area contributed by atoms with Crippen molar-refractivity contribution in [3.05, 3.63) is 81.2 Å². The second-order valence-corrected chi connectivity index (χ2v) is 7.27. The zero-order chi connectivity index (χ0) is 23.4. The second kappa shape index (κ2) is 9.34. The van der Waals surface area contributed by atoms with E-state index in [9.17, 15) is 14.4 Å². The molecule has 0 aliphatic carbocycles. The quantitative estimate of drug-likeness (QED) is 0.407. The van der Waals surface area contributed by atoms with Gasteiger partial charge in [-0.15, -0.1) is 5.10 Å². The fourth-order valence-electron chi connectivity index (χ4n) is 3.40. The third kappa shape index (κ3) is 4.44. The lowest BCUT2D eigenvalue weighted by atomic mass is 10.1. The molecule has 0 atom stereocenters. The Morgan fingerprint density at radius 1 is 1.24 bits per heavy atom. The minimum atomic E-state index is -0.762. The highest BCUT2D eigenvalue weighted by Crippen LogP contribution is 2.23. The van der Waals surface area contributed by atoms with E-state index in [0.29, 0.717) is 24.4 Å². The third-order valence-electron chi connectivity index (χ3n) is 5.07. The van der Waals surface area contributed by atoms with Crippen molar-refractivity contribution in [3.8, 4) is 5.69 Å². The van der Waals surface area contributed by atoms with E-state index in [-0.39, 0.29) is 23.6 Å². The summed E-state index contributed by atoms with van der Waals surface area (Å²) in [4.78, 5) is 42.3. The fraction of sp³-hybridized carbons (Fsp3) is 0.238. The van der Waals surface area contributed by atoms with Crippen molar-refractivity contribution in [1.82, 2.24) is 29.8 Å². The monoisotopic (exact) mass is 450 g/mol. The number of H-pyrrole nitrogens is 1. The Hall–Kier alpha value is -4.48. The third-order valence-corrected chi connectivity index (χ3v) is 5.07. The highest BCUT2D eigenvalue weighted by molar-refractivity contribution is 6.07. The van der Waals surface area contributed by atoms with E-state index in [1.54, 1.807) is 36.4 Å². The van der Waals surface area contributed by atoms with Gasteiger partial charge in [0.25, 0.3) is 11.5 Å². The maximum atomic E-state index is 13.6. The number of benzene rings is 1. The summed E-state index contributed by atoms with van der Waals surface area (Å²) in [5.41, 5.74) is 5.57. The molecule has 4 aromatic rings. The summed E-state index contributed by atoms with van der Waals surface area (Å²) in [6, 6.07) is 9.94. The number of amides is 1. The summed E-state index contributed by atoms with van der Waals surface area (Å²) in [7, 11) is 0. The fourth-order valence-corrected chi connectivity index (χ4v) is 3.40. The molecule has 0 spiro atoms. The number of unbranched alkanes of at least 4 members (excludes halogenated alkanes) is 1. The Balaban J connectivity index is 1.82. The van der Waals surface area contributed by atoms with Crippen LogP contribution in [-0.4, -0.2) is 35.7 Å². The van der Waals surface area contributed by atoms with Crippen molar-refractivity contribution in [1.29, 1.82) is 0 Å². The number of nitrogen functional groups attached to an aromatic ring is 1. The van der Waals surface area contributed by atoms with Gasteiger partial charge in [0.1, 0.15) is 17.9 Å². The van der Waals surface area contributed by atoms with Crippen LogP contribution < -0.4 is 21.9 Å². The van der Waals surface area contributed by atoms with Crippen LogP contribution in [0.4, 0.5) is 11.5 Å². The highest BCUT2D eigenvalue weighted by atomic mass is 16.3. The van der Waals surface area contributed by atoms with Gasteiger partial charge in [0.05, 0.1) is 18.5 Å². The Labute approximate surface area is 187 Å². The minimum absolute atomic E-state index is 0.0692. The van der Waals surface area contributed by atoms with Gasteiger partial charge in [-0.1, -0.05) is 19.4 Å². The smallest absolute Gasteiger partial charge is 0.330 e. The van der Waals surface area contributed by atoms with E-state index >= 15 is 0 Å². The van der Waals surface area contributed by atoms with Gasteiger partial charge < -0.3 is 10.2 Å². The van der Waals surface area contributed by atoms with Crippen LogP contribution in [0.3, 0.4) is 0 Å². The summed E-state index contributed by atoms with van der Waals surface area (Å²) < 4.78 is 8.07. The molecule has 1 amide bonds. The molecule has 0 fully saturated rings. The number of tetrazole rings is 1. The zero-order valence-corrected chi connectivity index (χ0v) is 17.8. The normalized spacial score (nSPS) is 10.9. The number of rotatable bonds is 8. The first-order valence-electron chi connectivity index (χ1n) is 10.3. The van der Waals surface area contributed by atoms with Crippen LogP contribution in [0.5, 0.6) is 0 Å². The van der Waals surface area contributed by atoms with Crippen molar-refractivity contribution in [2.24, 2.45) is 0 Å². The molecule has 33 heavy (non-hydrogen) atoms. The number of carbonyl (C=O) groups is 1. The number of nitrogens with zero attached hydrogens (tertiary/aromatic N) is 6. The second-order valence-electron chi connectivity index (χ2n) is 7.27. The van der Waals surface area contributed by atoms with Crippen LogP contribution in [0.1, 0.15) is 35.9 Å². The number of nitrogens with one attached hydrogen (secondary N) is 1. The van der Waals surface area contributed by atoms with E-state index in [2.05, 4.69) is 20.5 Å². The van der Waals surface area contributed by atoms with Gasteiger partial charge in [-0.05, 0) is 47.2 Å². The van der Waals surface area contributed by atoms with E-state index in [0.717, 1.165) is 6.42 Å². The van der Waals surface area contributed by atoms with Gasteiger partial charge in [-0.2, -0.15) is 0 Å². The molecule has 0 unspecified atom stereocenters. The van der Waals surface area contributed by atoms with Crippen LogP contribution in [0.25, 0.3) is 5.69 Å². The van der Waals surface area contributed by atoms with Gasteiger partial charge in [0.15, 0.2) is 5.69 Å². The molecule has 4 rings (SSSR count). The van der Waals surface area contributed by atoms with Crippen LogP contribution in [-0.2, 0) is 13.1 Å². The molecule has 0 saturated heterocycles. The summed E-state index contributed by atoms with van der Waals surface area (Å²) >= 11 is 0. The van der Waals surface area contributed by atoms with Crippen molar-refractivity contribution in [3.63, 3.8) is 0 Å². The average Bonchev–Trinajstić information content (AvgIpc) is 3.52. The molecule has 0 radical (unpaired) electrons. The lowest BCUT2D eigenvalue weighted by molar-refractivity contribution is 0.0983. The Kier molecular flexibility index (Phi) is 6.15. The molecule has 3 N–H and O–H groups in total. The molecule has 1 aromatic carbocycles. The molecule has 12 heteroatoms. The van der Waals surface area contributed by atoms with Gasteiger partial charge in [0, 0.05) is 12.1 Å². The maximum Gasteiger partial charge on any atom is 0.330 e. The van der Waals surface area contributed by atoms with Gasteiger partial charge in [-0.25, -0.2) is 9.48 Å².